The highest BCUT2D eigenvalue weighted by Crippen LogP contribution is 2.42. The lowest BCUT2D eigenvalue weighted by molar-refractivity contribution is 0.385. The first-order chi connectivity index (χ1) is 9.99. The van der Waals surface area contributed by atoms with E-state index in [0.29, 0.717) is 17.1 Å². The summed E-state index contributed by atoms with van der Waals surface area (Å²) in [5.41, 5.74) is 0.737. The Bertz CT molecular complexity index is 637. The van der Waals surface area contributed by atoms with E-state index in [1.54, 1.807) is 18.2 Å². The summed E-state index contributed by atoms with van der Waals surface area (Å²) in [6.45, 7) is 1.50. The second-order valence-electron chi connectivity index (χ2n) is 4.56. The predicted octanol–water partition coefficient (Wildman–Crippen LogP) is 4.62. The smallest absolute Gasteiger partial charge is 0.128 e. The van der Waals surface area contributed by atoms with E-state index < -0.39 is 17.0 Å². The molecule has 0 heterocycles. The number of methoxy groups -OCH3 is 2. The maximum absolute atomic E-state index is 14.1. The van der Waals surface area contributed by atoms with Crippen LogP contribution in [-0.4, -0.2) is 14.2 Å². The van der Waals surface area contributed by atoms with Gasteiger partial charge in [0.25, 0.3) is 0 Å². The summed E-state index contributed by atoms with van der Waals surface area (Å²) < 4.78 is 38.3. The van der Waals surface area contributed by atoms with E-state index >= 15 is 0 Å². The molecule has 0 spiro atoms. The van der Waals surface area contributed by atoms with Crippen LogP contribution in [0.15, 0.2) is 30.3 Å². The van der Waals surface area contributed by atoms with Crippen molar-refractivity contribution in [2.45, 2.75) is 12.3 Å². The number of rotatable bonds is 4. The molecule has 2 aromatic rings. The molecule has 1 atom stereocenters. The fourth-order valence-electron chi connectivity index (χ4n) is 2.14. The lowest BCUT2D eigenvalue weighted by Gasteiger charge is -2.18. The molecule has 0 aliphatic heterocycles. The molecule has 2 nitrogen and oxygen atoms in total. The zero-order chi connectivity index (χ0) is 15.6. The van der Waals surface area contributed by atoms with E-state index in [4.69, 9.17) is 21.1 Å². The number of alkyl halides is 1. The van der Waals surface area contributed by atoms with Crippen LogP contribution in [0.5, 0.6) is 11.5 Å². The molecule has 5 heteroatoms. The van der Waals surface area contributed by atoms with Gasteiger partial charge in [-0.1, -0.05) is 6.07 Å². The minimum Gasteiger partial charge on any atom is -0.496 e. The molecule has 0 bridgehead atoms. The number of hydrogen-bond donors (Lipinski definition) is 0. The van der Waals surface area contributed by atoms with Gasteiger partial charge < -0.3 is 9.47 Å². The van der Waals surface area contributed by atoms with Gasteiger partial charge in [-0.2, -0.15) is 0 Å². The van der Waals surface area contributed by atoms with E-state index in [1.165, 1.54) is 21.1 Å². The van der Waals surface area contributed by atoms with Gasteiger partial charge in [0.2, 0.25) is 0 Å². The zero-order valence-electron chi connectivity index (χ0n) is 11.9. The van der Waals surface area contributed by atoms with E-state index in [-0.39, 0.29) is 11.1 Å². The van der Waals surface area contributed by atoms with Gasteiger partial charge in [0.15, 0.2) is 0 Å². The van der Waals surface area contributed by atoms with Crippen molar-refractivity contribution in [2.75, 3.05) is 14.2 Å². The third kappa shape index (κ3) is 2.95. The molecule has 0 fully saturated rings. The van der Waals surface area contributed by atoms with Gasteiger partial charge >= 0.3 is 0 Å². The van der Waals surface area contributed by atoms with Gasteiger partial charge in [-0.25, -0.2) is 8.78 Å². The Hall–Kier alpha value is -1.81. The average molecular weight is 313 g/mol. The highest BCUT2D eigenvalue weighted by molar-refractivity contribution is 6.23. The lowest BCUT2D eigenvalue weighted by Crippen LogP contribution is -2.04. The van der Waals surface area contributed by atoms with Crippen molar-refractivity contribution >= 4 is 11.6 Å². The Morgan fingerprint density at radius 2 is 1.57 bits per heavy atom. The topological polar surface area (TPSA) is 18.5 Å². The average Bonchev–Trinajstić information content (AvgIpc) is 2.49. The highest BCUT2D eigenvalue weighted by Gasteiger charge is 2.24. The molecule has 2 aromatic carbocycles. The van der Waals surface area contributed by atoms with Gasteiger partial charge in [-0.3, -0.25) is 0 Å². The Balaban J connectivity index is 2.59. The molecule has 0 N–H and O–H groups in total. The second kappa shape index (κ2) is 6.31. The highest BCUT2D eigenvalue weighted by atomic mass is 35.5. The molecule has 0 saturated carbocycles. The summed E-state index contributed by atoms with van der Waals surface area (Å²) in [5.74, 6) is -0.169. The molecule has 0 saturated heterocycles. The van der Waals surface area contributed by atoms with E-state index in [2.05, 4.69) is 0 Å². The summed E-state index contributed by atoms with van der Waals surface area (Å²) in [7, 11) is 2.96. The van der Waals surface area contributed by atoms with Crippen LogP contribution in [0.2, 0.25) is 0 Å². The van der Waals surface area contributed by atoms with Crippen molar-refractivity contribution in [3.63, 3.8) is 0 Å². The third-order valence-electron chi connectivity index (χ3n) is 3.27. The summed E-state index contributed by atoms with van der Waals surface area (Å²) in [4.78, 5) is 0. The van der Waals surface area contributed by atoms with Crippen LogP contribution in [0.25, 0.3) is 0 Å². The van der Waals surface area contributed by atoms with Crippen LogP contribution in [0, 0.1) is 18.6 Å². The first-order valence-corrected chi connectivity index (χ1v) is 6.73. The van der Waals surface area contributed by atoms with Crippen LogP contribution >= 0.6 is 11.6 Å². The van der Waals surface area contributed by atoms with E-state index in [0.717, 1.165) is 12.1 Å². The molecule has 0 radical (unpaired) electrons. The summed E-state index contributed by atoms with van der Waals surface area (Å²) in [5, 5.41) is -0.925. The van der Waals surface area contributed by atoms with Gasteiger partial charge in [0.05, 0.1) is 25.2 Å². The number of benzene rings is 2. The summed E-state index contributed by atoms with van der Waals surface area (Å²) in [6.07, 6.45) is 0. The zero-order valence-corrected chi connectivity index (χ0v) is 12.7. The Labute approximate surface area is 127 Å². The molecule has 1 unspecified atom stereocenters. The van der Waals surface area contributed by atoms with E-state index in [1.807, 2.05) is 0 Å². The van der Waals surface area contributed by atoms with Crippen molar-refractivity contribution in [2.24, 2.45) is 0 Å². The first kappa shape index (κ1) is 15.6. The van der Waals surface area contributed by atoms with Gasteiger partial charge in [0, 0.05) is 5.56 Å². The molecular weight excluding hydrogens is 298 g/mol. The molecule has 21 heavy (non-hydrogen) atoms. The number of aryl methyl sites for hydroxylation is 1. The molecule has 0 aliphatic rings. The predicted molar refractivity (Wildman–Crippen MR) is 78.3 cm³/mol. The van der Waals surface area contributed by atoms with Crippen molar-refractivity contribution in [3.8, 4) is 11.5 Å². The van der Waals surface area contributed by atoms with E-state index in [9.17, 15) is 8.78 Å². The van der Waals surface area contributed by atoms with Crippen LogP contribution in [-0.2, 0) is 0 Å². The Morgan fingerprint density at radius 1 is 1.00 bits per heavy atom. The molecule has 2 rings (SSSR count). The van der Waals surface area contributed by atoms with Crippen LogP contribution in [0.1, 0.15) is 22.1 Å². The molecular formula is C16H15ClF2O2. The standard InChI is InChI=1S/C16H15ClF2O2/c1-9-7-12(19)10(8-11(9)18)16(17)15-13(20-2)5-4-6-14(15)21-3/h4-8,16H,1-3H3. The van der Waals surface area contributed by atoms with Crippen molar-refractivity contribution in [1.82, 2.24) is 0 Å². The van der Waals surface area contributed by atoms with Gasteiger partial charge in [0.1, 0.15) is 23.1 Å². The maximum Gasteiger partial charge on any atom is 0.128 e. The number of hydrogen-bond acceptors (Lipinski definition) is 2. The van der Waals surface area contributed by atoms with Crippen LogP contribution < -0.4 is 9.47 Å². The lowest BCUT2D eigenvalue weighted by atomic mass is 10.0. The Morgan fingerprint density at radius 3 is 2.10 bits per heavy atom. The Kier molecular flexibility index (Phi) is 4.68. The first-order valence-electron chi connectivity index (χ1n) is 6.30. The minimum absolute atomic E-state index is 0.0440. The van der Waals surface area contributed by atoms with Crippen LogP contribution in [0.4, 0.5) is 8.78 Å². The molecule has 112 valence electrons. The fraction of sp³-hybridized carbons (Fsp3) is 0.250. The summed E-state index contributed by atoms with van der Waals surface area (Å²) >= 11 is 6.36. The van der Waals surface area contributed by atoms with Gasteiger partial charge in [-0.15, -0.1) is 11.6 Å². The van der Waals surface area contributed by atoms with Crippen LogP contribution in [0.3, 0.4) is 0 Å². The largest absolute Gasteiger partial charge is 0.496 e. The minimum atomic E-state index is -0.925. The maximum atomic E-state index is 14.1. The van der Waals surface area contributed by atoms with Crippen molar-refractivity contribution < 1.29 is 18.3 Å². The summed E-state index contributed by atoms with van der Waals surface area (Å²) in [6, 6.07) is 7.35. The fourth-order valence-corrected chi connectivity index (χ4v) is 2.52. The molecule has 0 amide bonds. The number of halogens is 3. The monoisotopic (exact) mass is 312 g/mol. The van der Waals surface area contributed by atoms with Crippen molar-refractivity contribution in [1.29, 1.82) is 0 Å². The normalized spacial score (nSPS) is 12.1. The SMILES string of the molecule is COc1cccc(OC)c1C(Cl)c1cc(F)c(C)cc1F. The van der Waals surface area contributed by atoms with Crippen molar-refractivity contribution in [3.05, 3.63) is 58.7 Å². The van der Waals surface area contributed by atoms with Gasteiger partial charge in [-0.05, 0) is 36.8 Å². The molecule has 0 aliphatic carbocycles. The third-order valence-corrected chi connectivity index (χ3v) is 3.72. The quantitative estimate of drug-likeness (QED) is 0.767. The second-order valence-corrected chi connectivity index (χ2v) is 5.00. The molecule has 0 aromatic heterocycles. The number of ether oxygens (including phenoxy) is 2.